The summed E-state index contributed by atoms with van der Waals surface area (Å²) < 4.78 is 0. The number of nitrogens with zero attached hydrogens (tertiary/aromatic N) is 2. The number of likely N-dealkylation sites (tertiary alicyclic amines) is 1. The lowest BCUT2D eigenvalue weighted by atomic mass is 9.96. The fraction of sp³-hybridized carbons (Fsp3) is 0.615. The normalized spacial score (nSPS) is 19.3. The van der Waals surface area contributed by atoms with E-state index in [1.54, 1.807) is 18.1 Å². The van der Waals surface area contributed by atoms with Crippen LogP contribution in [0, 0.1) is 0 Å². The van der Waals surface area contributed by atoms with Crippen LogP contribution in [0.5, 0.6) is 0 Å². The second kappa shape index (κ2) is 5.40. The highest BCUT2D eigenvalue weighted by molar-refractivity contribution is 7.15. The van der Waals surface area contributed by atoms with Crippen molar-refractivity contribution in [3.63, 3.8) is 0 Å². The summed E-state index contributed by atoms with van der Waals surface area (Å²) in [4.78, 5) is 30.2. The van der Waals surface area contributed by atoms with Gasteiger partial charge in [0.25, 0.3) is 0 Å². The first-order chi connectivity index (χ1) is 9.25. The van der Waals surface area contributed by atoms with Crippen molar-refractivity contribution < 1.29 is 9.59 Å². The third kappa shape index (κ3) is 3.47. The van der Waals surface area contributed by atoms with Crippen molar-refractivity contribution >= 4 is 28.4 Å². The molecule has 1 saturated heterocycles. The molecule has 2 heterocycles. The first-order valence-corrected chi connectivity index (χ1v) is 7.35. The monoisotopic (exact) mass is 296 g/mol. The molecule has 0 aliphatic carbocycles. The zero-order valence-corrected chi connectivity index (χ0v) is 13.0. The van der Waals surface area contributed by atoms with Crippen molar-refractivity contribution in [2.45, 2.75) is 38.6 Å². The average molecular weight is 296 g/mol. The molecule has 20 heavy (non-hydrogen) atoms. The molecule has 0 spiro atoms. The second-order valence-corrected chi connectivity index (χ2v) is 7.08. The highest BCUT2D eigenvalue weighted by atomic mass is 32.1. The predicted octanol–water partition coefficient (Wildman–Crippen LogP) is 1.79. The first-order valence-electron chi connectivity index (χ1n) is 6.53. The number of hydrogen-bond acceptors (Lipinski definition) is 4. The van der Waals surface area contributed by atoms with Gasteiger partial charge >= 0.3 is 6.03 Å². The Labute approximate surface area is 122 Å². The van der Waals surface area contributed by atoms with Gasteiger partial charge in [-0.2, -0.15) is 0 Å². The van der Waals surface area contributed by atoms with E-state index < -0.39 is 0 Å². The van der Waals surface area contributed by atoms with Gasteiger partial charge in [0.2, 0.25) is 5.91 Å². The number of hydrogen-bond donors (Lipinski definition) is 2. The van der Waals surface area contributed by atoms with Crippen LogP contribution < -0.4 is 10.6 Å². The Morgan fingerprint density at radius 1 is 1.50 bits per heavy atom. The number of urea groups is 1. The molecule has 2 N–H and O–H groups in total. The van der Waals surface area contributed by atoms with Crippen LogP contribution in [0.1, 0.15) is 32.1 Å². The summed E-state index contributed by atoms with van der Waals surface area (Å²) in [6.45, 7) is 6.86. The molecule has 1 atom stereocenters. The van der Waals surface area contributed by atoms with Crippen molar-refractivity contribution in [2.75, 3.05) is 18.9 Å². The number of aromatic nitrogens is 1. The second-order valence-electron chi connectivity index (χ2n) is 6.05. The van der Waals surface area contributed by atoms with Gasteiger partial charge in [-0.05, 0) is 5.41 Å². The molecular formula is C13H20N4O2S. The topological polar surface area (TPSA) is 74.3 Å². The molecule has 0 aromatic carbocycles. The third-order valence-corrected chi connectivity index (χ3v) is 4.48. The van der Waals surface area contributed by atoms with E-state index in [2.05, 4.69) is 36.4 Å². The van der Waals surface area contributed by atoms with E-state index in [1.807, 2.05) is 0 Å². The van der Waals surface area contributed by atoms with Crippen LogP contribution >= 0.6 is 11.3 Å². The van der Waals surface area contributed by atoms with Gasteiger partial charge in [0.15, 0.2) is 5.13 Å². The minimum Gasteiger partial charge on any atom is -0.344 e. The molecule has 0 bridgehead atoms. The number of thiazole rings is 1. The molecule has 1 aromatic rings. The van der Waals surface area contributed by atoms with Crippen LogP contribution in [0.4, 0.5) is 9.93 Å². The maximum Gasteiger partial charge on any atom is 0.321 e. The van der Waals surface area contributed by atoms with E-state index in [0.717, 1.165) is 4.88 Å². The summed E-state index contributed by atoms with van der Waals surface area (Å²) >= 11 is 1.47. The molecule has 110 valence electrons. The Morgan fingerprint density at radius 2 is 2.20 bits per heavy atom. The van der Waals surface area contributed by atoms with Gasteiger partial charge in [0, 0.05) is 31.1 Å². The first kappa shape index (κ1) is 14.8. The van der Waals surface area contributed by atoms with E-state index >= 15 is 0 Å². The molecule has 1 aliphatic rings. The zero-order valence-electron chi connectivity index (χ0n) is 12.2. The van der Waals surface area contributed by atoms with Crippen molar-refractivity contribution in [1.29, 1.82) is 0 Å². The number of likely N-dealkylation sites (N-methyl/N-ethyl adjacent to an activating group) is 1. The van der Waals surface area contributed by atoms with Crippen LogP contribution in [0.15, 0.2) is 6.20 Å². The maximum atomic E-state index is 11.9. The lowest BCUT2D eigenvalue weighted by Gasteiger charge is -2.14. The average Bonchev–Trinajstić information content (AvgIpc) is 2.86. The standard InChI is InChI=1S/C13H20N4O2S/c1-13(2,3)9-6-14-12(20-9)16-11(19)15-8-5-10(18)17(4)7-8/h6,8H,5,7H2,1-4H3,(H2,14,15,16,19)/t8-/m0/s1. The van der Waals surface area contributed by atoms with Gasteiger partial charge in [-0.3, -0.25) is 10.1 Å². The highest BCUT2D eigenvalue weighted by Crippen LogP contribution is 2.29. The van der Waals surface area contributed by atoms with E-state index in [4.69, 9.17) is 0 Å². The predicted molar refractivity (Wildman–Crippen MR) is 79.0 cm³/mol. The summed E-state index contributed by atoms with van der Waals surface area (Å²) in [5.41, 5.74) is 0.0225. The molecule has 7 heteroatoms. The number of anilines is 1. The Bertz CT molecular complexity index is 521. The van der Waals surface area contributed by atoms with Crippen molar-refractivity contribution in [3.05, 3.63) is 11.1 Å². The van der Waals surface area contributed by atoms with E-state index in [-0.39, 0.29) is 23.4 Å². The molecule has 3 amide bonds. The van der Waals surface area contributed by atoms with Gasteiger partial charge in [-0.25, -0.2) is 9.78 Å². The molecule has 2 rings (SSSR count). The Morgan fingerprint density at radius 3 is 2.70 bits per heavy atom. The maximum absolute atomic E-state index is 11.9. The van der Waals surface area contributed by atoms with Gasteiger partial charge < -0.3 is 10.2 Å². The quantitative estimate of drug-likeness (QED) is 0.874. The summed E-state index contributed by atoms with van der Waals surface area (Å²) in [5.74, 6) is 0.0552. The lowest BCUT2D eigenvalue weighted by Crippen LogP contribution is -2.39. The SMILES string of the molecule is CN1C[C@@H](NC(=O)Nc2ncc(C(C)(C)C)s2)CC1=O. The Balaban J connectivity index is 1.89. The molecule has 1 aromatic heterocycles. The number of nitrogens with one attached hydrogen (secondary N) is 2. The summed E-state index contributed by atoms with van der Waals surface area (Å²) in [6, 6.07) is -0.442. The Hall–Kier alpha value is -1.63. The van der Waals surface area contributed by atoms with Crippen LogP contribution in [-0.4, -0.2) is 41.5 Å². The lowest BCUT2D eigenvalue weighted by molar-refractivity contribution is -0.126. The van der Waals surface area contributed by atoms with E-state index in [1.165, 1.54) is 11.3 Å². The van der Waals surface area contributed by atoms with Crippen molar-refractivity contribution in [3.8, 4) is 0 Å². The number of carbonyl (C=O) groups excluding carboxylic acids is 2. The van der Waals surface area contributed by atoms with Crippen LogP contribution in [0.25, 0.3) is 0 Å². The zero-order chi connectivity index (χ0) is 14.9. The molecule has 1 aliphatic heterocycles. The largest absolute Gasteiger partial charge is 0.344 e. The molecular weight excluding hydrogens is 276 g/mol. The Kier molecular flexibility index (Phi) is 3.99. The molecule has 6 nitrogen and oxygen atoms in total. The van der Waals surface area contributed by atoms with Gasteiger partial charge in [-0.1, -0.05) is 20.8 Å². The molecule has 0 unspecified atom stereocenters. The van der Waals surface area contributed by atoms with E-state index in [9.17, 15) is 9.59 Å². The van der Waals surface area contributed by atoms with Crippen molar-refractivity contribution in [1.82, 2.24) is 15.2 Å². The van der Waals surface area contributed by atoms with Gasteiger partial charge in [-0.15, -0.1) is 11.3 Å². The number of rotatable bonds is 2. The van der Waals surface area contributed by atoms with E-state index in [0.29, 0.717) is 18.1 Å². The molecule has 0 saturated carbocycles. The minimum absolute atomic E-state index is 0.0225. The number of amides is 3. The van der Waals surface area contributed by atoms with Crippen LogP contribution in [0.3, 0.4) is 0 Å². The van der Waals surface area contributed by atoms with Crippen molar-refractivity contribution in [2.24, 2.45) is 0 Å². The number of carbonyl (C=O) groups is 2. The summed E-state index contributed by atoms with van der Waals surface area (Å²) in [7, 11) is 1.73. The van der Waals surface area contributed by atoms with Gasteiger partial charge in [0.1, 0.15) is 0 Å². The fourth-order valence-corrected chi connectivity index (χ4v) is 2.83. The smallest absolute Gasteiger partial charge is 0.321 e. The molecule has 0 radical (unpaired) electrons. The van der Waals surface area contributed by atoms with Crippen LogP contribution in [0.2, 0.25) is 0 Å². The third-order valence-electron chi connectivity index (χ3n) is 3.14. The fourth-order valence-electron chi connectivity index (χ4n) is 1.96. The highest BCUT2D eigenvalue weighted by Gasteiger charge is 2.28. The molecule has 1 fully saturated rings. The summed E-state index contributed by atoms with van der Waals surface area (Å²) in [6.07, 6.45) is 2.14. The van der Waals surface area contributed by atoms with Gasteiger partial charge in [0.05, 0.1) is 6.04 Å². The van der Waals surface area contributed by atoms with Crippen LogP contribution in [-0.2, 0) is 10.2 Å². The minimum atomic E-state index is -0.312. The summed E-state index contributed by atoms with van der Waals surface area (Å²) in [5, 5.41) is 6.08.